The highest BCUT2D eigenvalue weighted by Crippen LogP contribution is 2.15. The number of hydrogen-bond acceptors (Lipinski definition) is 2. The Kier molecular flexibility index (Phi) is 4.40. The van der Waals surface area contributed by atoms with E-state index in [1.807, 2.05) is 12.4 Å². The fraction of sp³-hybridized carbons (Fsp3) is 0.400. The minimum Gasteiger partial charge on any atom is -0.355 e. The van der Waals surface area contributed by atoms with Crippen LogP contribution in [0.3, 0.4) is 0 Å². The third kappa shape index (κ3) is 2.92. The molecule has 3 heteroatoms. The van der Waals surface area contributed by atoms with Crippen LogP contribution in [0.5, 0.6) is 0 Å². The zero-order valence-electron chi connectivity index (χ0n) is 11.2. The van der Waals surface area contributed by atoms with Crippen molar-refractivity contribution in [3.05, 3.63) is 42.2 Å². The molecule has 0 bridgehead atoms. The number of nitrogens with zero attached hydrogens (tertiary/aromatic N) is 2. The van der Waals surface area contributed by atoms with Crippen molar-refractivity contribution in [2.45, 2.75) is 33.1 Å². The largest absolute Gasteiger partial charge is 0.355 e. The van der Waals surface area contributed by atoms with Crippen molar-refractivity contribution in [3.8, 4) is 5.69 Å². The van der Waals surface area contributed by atoms with Gasteiger partial charge in [0.1, 0.15) is 0 Å². The predicted octanol–water partition coefficient (Wildman–Crippen LogP) is 3.65. The van der Waals surface area contributed by atoms with Gasteiger partial charge in [0.15, 0.2) is 0 Å². The van der Waals surface area contributed by atoms with Gasteiger partial charge in [-0.1, -0.05) is 32.4 Å². The molecule has 0 saturated heterocycles. The number of hydrogen-bond donors (Lipinski definition) is 1. The Hall–Kier alpha value is -1.77. The first kappa shape index (κ1) is 12.7. The minimum atomic E-state index is 0.917. The molecule has 0 fully saturated rings. The molecule has 3 nitrogen and oxygen atoms in total. The van der Waals surface area contributed by atoms with Gasteiger partial charge >= 0.3 is 0 Å². The molecular weight excluding hydrogens is 222 g/mol. The molecule has 1 N–H and O–H groups in total. The number of anilines is 1. The maximum Gasteiger partial charge on any atom is 0.207 e. The summed E-state index contributed by atoms with van der Waals surface area (Å²) in [6.07, 6.45) is 7.26. The average Bonchev–Trinajstić information content (AvgIpc) is 2.86. The fourth-order valence-electron chi connectivity index (χ4n) is 1.99. The average molecular weight is 243 g/mol. The SMILES string of the molecule is CCCNc1nccn1-c1ccc(CCC)cc1. The number of rotatable bonds is 6. The molecule has 0 radical (unpaired) electrons. The maximum absolute atomic E-state index is 4.34. The molecule has 0 aliphatic rings. The van der Waals surface area contributed by atoms with E-state index in [4.69, 9.17) is 0 Å². The molecule has 0 amide bonds. The summed E-state index contributed by atoms with van der Waals surface area (Å²) in [5.74, 6) is 0.917. The van der Waals surface area contributed by atoms with Gasteiger partial charge in [0.25, 0.3) is 0 Å². The second kappa shape index (κ2) is 6.24. The molecule has 1 aromatic carbocycles. The van der Waals surface area contributed by atoms with Gasteiger partial charge in [-0.15, -0.1) is 0 Å². The molecule has 18 heavy (non-hydrogen) atoms. The van der Waals surface area contributed by atoms with Gasteiger partial charge in [-0.2, -0.15) is 0 Å². The van der Waals surface area contributed by atoms with Crippen molar-refractivity contribution < 1.29 is 0 Å². The smallest absolute Gasteiger partial charge is 0.207 e. The van der Waals surface area contributed by atoms with Crippen molar-refractivity contribution >= 4 is 5.95 Å². The lowest BCUT2D eigenvalue weighted by Crippen LogP contribution is -2.06. The normalized spacial score (nSPS) is 10.6. The van der Waals surface area contributed by atoms with Crippen LogP contribution in [0.2, 0.25) is 0 Å². The van der Waals surface area contributed by atoms with Gasteiger partial charge in [0, 0.05) is 24.6 Å². The van der Waals surface area contributed by atoms with E-state index in [1.165, 1.54) is 12.0 Å². The van der Waals surface area contributed by atoms with Crippen LogP contribution in [0, 0.1) is 0 Å². The van der Waals surface area contributed by atoms with E-state index in [0.29, 0.717) is 0 Å². The highest BCUT2D eigenvalue weighted by atomic mass is 15.2. The Morgan fingerprint density at radius 3 is 2.56 bits per heavy atom. The number of aromatic nitrogens is 2. The van der Waals surface area contributed by atoms with Crippen LogP contribution in [0.4, 0.5) is 5.95 Å². The van der Waals surface area contributed by atoms with Crippen molar-refractivity contribution in [3.63, 3.8) is 0 Å². The first-order chi connectivity index (χ1) is 8.85. The topological polar surface area (TPSA) is 29.9 Å². The van der Waals surface area contributed by atoms with Crippen molar-refractivity contribution in [1.82, 2.24) is 9.55 Å². The molecule has 2 rings (SSSR count). The van der Waals surface area contributed by atoms with Gasteiger partial charge < -0.3 is 5.32 Å². The van der Waals surface area contributed by atoms with Gasteiger partial charge in [0.2, 0.25) is 5.95 Å². The molecule has 1 heterocycles. The maximum atomic E-state index is 4.34. The minimum absolute atomic E-state index is 0.917. The van der Waals surface area contributed by atoms with Crippen LogP contribution in [-0.2, 0) is 6.42 Å². The predicted molar refractivity (Wildman–Crippen MR) is 76.3 cm³/mol. The van der Waals surface area contributed by atoms with Crippen LogP contribution in [0.1, 0.15) is 32.3 Å². The summed E-state index contributed by atoms with van der Waals surface area (Å²) in [4.78, 5) is 4.34. The third-order valence-electron chi connectivity index (χ3n) is 2.93. The molecule has 0 aliphatic heterocycles. The first-order valence-electron chi connectivity index (χ1n) is 6.71. The third-order valence-corrected chi connectivity index (χ3v) is 2.93. The summed E-state index contributed by atoms with van der Waals surface area (Å²) >= 11 is 0. The molecular formula is C15H21N3. The number of benzene rings is 1. The molecule has 0 unspecified atom stereocenters. The summed E-state index contributed by atoms with van der Waals surface area (Å²) in [5, 5.41) is 3.33. The lowest BCUT2D eigenvalue weighted by atomic mass is 10.1. The summed E-state index contributed by atoms with van der Waals surface area (Å²) in [7, 11) is 0. The lowest BCUT2D eigenvalue weighted by Gasteiger charge is -2.09. The second-order valence-electron chi connectivity index (χ2n) is 4.46. The standard InChI is InChI=1S/C15H21N3/c1-3-5-13-6-8-14(9-7-13)18-12-11-17-15(18)16-10-4-2/h6-9,11-12H,3-5,10H2,1-2H3,(H,16,17). The summed E-state index contributed by atoms with van der Waals surface area (Å²) in [6.45, 7) is 5.31. The summed E-state index contributed by atoms with van der Waals surface area (Å²) < 4.78 is 2.09. The Balaban J connectivity index is 2.17. The van der Waals surface area contributed by atoms with Gasteiger partial charge in [0.05, 0.1) is 0 Å². The molecule has 1 aromatic heterocycles. The quantitative estimate of drug-likeness (QED) is 0.839. The zero-order valence-corrected chi connectivity index (χ0v) is 11.2. The molecule has 0 atom stereocenters. The van der Waals surface area contributed by atoms with Crippen molar-refractivity contribution in [2.75, 3.05) is 11.9 Å². The Bertz CT molecular complexity index is 471. The van der Waals surface area contributed by atoms with Crippen molar-refractivity contribution in [2.24, 2.45) is 0 Å². The fourth-order valence-corrected chi connectivity index (χ4v) is 1.99. The first-order valence-corrected chi connectivity index (χ1v) is 6.71. The van der Waals surface area contributed by atoms with E-state index in [2.05, 4.69) is 53.0 Å². The van der Waals surface area contributed by atoms with E-state index in [-0.39, 0.29) is 0 Å². The highest BCUT2D eigenvalue weighted by molar-refractivity contribution is 5.42. The van der Waals surface area contributed by atoms with E-state index in [0.717, 1.165) is 31.0 Å². The van der Waals surface area contributed by atoms with Crippen molar-refractivity contribution in [1.29, 1.82) is 0 Å². The molecule has 0 spiro atoms. The van der Waals surface area contributed by atoms with Crippen LogP contribution in [0.25, 0.3) is 5.69 Å². The molecule has 0 aliphatic carbocycles. The van der Waals surface area contributed by atoms with E-state index < -0.39 is 0 Å². The summed E-state index contributed by atoms with van der Waals surface area (Å²) in [6, 6.07) is 8.71. The highest BCUT2D eigenvalue weighted by Gasteiger charge is 2.03. The van der Waals surface area contributed by atoms with E-state index in [1.54, 1.807) is 0 Å². The van der Waals surface area contributed by atoms with E-state index in [9.17, 15) is 0 Å². The van der Waals surface area contributed by atoms with Crippen LogP contribution >= 0.6 is 0 Å². The second-order valence-corrected chi connectivity index (χ2v) is 4.46. The number of imidazole rings is 1. The number of nitrogens with one attached hydrogen (secondary N) is 1. The van der Waals surface area contributed by atoms with Gasteiger partial charge in [-0.3, -0.25) is 4.57 Å². The van der Waals surface area contributed by atoms with Crippen LogP contribution in [0.15, 0.2) is 36.7 Å². The molecule has 0 saturated carbocycles. The Morgan fingerprint density at radius 1 is 1.11 bits per heavy atom. The monoisotopic (exact) mass is 243 g/mol. The lowest BCUT2D eigenvalue weighted by molar-refractivity contribution is 0.916. The van der Waals surface area contributed by atoms with E-state index >= 15 is 0 Å². The molecule has 96 valence electrons. The Labute approximate surface area is 109 Å². The van der Waals surface area contributed by atoms with Gasteiger partial charge in [-0.25, -0.2) is 4.98 Å². The number of aryl methyl sites for hydroxylation is 1. The van der Waals surface area contributed by atoms with Crippen LogP contribution < -0.4 is 5.32 Å². The molecule has 2 aromatic rings. The van der Waals surface area contributed by atoms with Gasteiger partial charge in [-0.05, 0) is 30.5 Å². The zero-order chi connectivity index (χ0) is 12.8. The summed E-state index contributed by atoms with van der Waals surface area (Å²) in [5.41, 5.74) is 2.55. The Morgan fingerprint density at radius 2 is 1.89 bits per heavy atom. The van der Waals surface area contributed by atoms with Crippen LogP contribution in [-0.4, -0.2) is 16.1 Å².